The lowest BCUT2D eigenvalue weighted by Gasteiger charge is -2.23. The van der Waals surface area contributed by atoms with Crippen LogP contribution in [0.3, 0.4) is 0 Å². The fraction of sp³-hybridized carbons (Fsp3) is 0.297. The zero-order valence-electron chi connectivity index (χ0n) is 27.7. The Hall–Kier alpha value is -4.95. The summed E-state index contributed by atoms with van der Waals surface area (Å²) in [6.45, 7) is 7.63. The minimum Gasteiger partial charge on any atom is -0.488 e. The van der Waals surface area contributed by atoms with Gasteiger partial charge in [-0.3, -0.25) is 15.1 Å². The van der Waals surface area contributed by atoms with E-state index in [0.29, 0.717) is 33.2 Å². The van der Waals surface area contributed by atoms with Gasteiger partial charge in [0.1, 0.15) is 36.3 Å². The van der Waals surface area contributed by atoms with Crippen LogP contribution in [0.15, 0.2) is 73.3 Å². The number of aliphatic carboxylic acids is 1. The molecular weight excluding hydrogens is 628 g/mol. The van der Waals surface area contributed by atoms with Gasteiger partial charge in [0.25, 0.3) is 0 Å². The van der Waals surface area contributed by atoms with Crippen molar-refractivity contribution in [2.75, 3.05) is 20.6 Å². The van der Waals surface area contributed by atoms with Crippen LogP contribution in [0.25, 0.3) is 22.2 Å². The van der Waals surface area contributed by atoms with Crippen LogP contribution >= 0.6 is 11.6 Å². The minimum atomic E-state index is -1.18. The van der Waals surface area contributed by atoms with E-state index in [-0.39, 0.29) is 19.8 Å². The maximum absolute atomic E-state index is 11.7. The maximum Gasteiger partial charge on any atom is 0.323 e. The van der Waals surface area contributed by atoms with Gasteiger partial charge in [0.15, 0.2) is 0 Å². The van der Waals surface area contributed by atoms with Crippen molar-refractivity contribution in [3.63, 3.8) is 0 Å². The van der Waals surface area contributed by atoms with E-state index in [4.69, 9.17) is 21.1 Å². The number of carbonyl (C=O) groups is 1. The third kappa shape index (κ3) is 8.12. The van der Waals surface area contributed by atoms with E-state index in [1.54, 1.807) is 38.2 Å². The van der Waals surface area contributed by atoms with Crippen molar-refractivity contribution in [2.24, 2.45) is 0 Å². The molecule has 0 fully saturated rings. The zero-order valence-corrected chi connectivity index (χ0v) is 28.5. The Morgan fingerprint density at radius 1 is 1.06 bits per heavy atom. The van der Waals surface area contributed by atoms with Crippen LogP contribution in [0.5, 0.6) is 11.5 Å². The summed E-state index contributed by atoms with van der Waals surface area (Å²) < 4.78 is 14.6. The highest BCUT2D eigenvalue weighted by molar-refractivity contribution is 6.32. The Bertz CT molecular complexity index is 1980. The van der Waals surface area contributed by atoms with Crippen molar-refractivity contribution in [1.29, 1.82) is 5.26 Å². The molecule has 0 atom stereocenters. The number of ether oxygens (including phenoxy) is 2. The molecule has 2 aromatic heterocycles. The largest absolute Gasteiger partial charge is 0.488 e. The number of pyridine rings is 1. The van der Waals surface area contributed by atoms with Gasteiger partial charge >= 0.3 is 5.97 Å². The number of rotatable bonds is 14. The Kier molecular flexibility index (Phi) is 10.6. The van der Waals surface area contributed by atoms with Gasteiger partial charge < -0.3 is 24.0 Å². The highest BCUT2D eigenvalue weighted by Gasteiger charge is 2.27. The first-order valence-corrected chi connectivity index (χ1v) is 15.9. The number of halogens is 1. The van der Waals surface area contributed by atoms with Crippen LogP contribution in [0, 0.1) is 18.3 Å². The molecule has 0 saturated heterocycles. The second-order valence-electron chi connectivity index (χ2n) is 12.5. The summed E-state index contributed by atoms with van der Waals surface area (Å²) >= 11 is 6.72. The van der Waals surface area contributed by atoms with Crippen molar-refractivity contribution < 1.29 is 19.4 Å². The average molecular weight is 667 g/mol. The first kappa shape index (κ1) is 34.4. The fourth-order valence-corrected chi connectivity index (χ4v) is 5.41. The van der Waals surface area contributed by atoms with Crippen molar-refractivity contribution in [1.82, 2.24) is 24.8 Å². The van der Waals surface area contributed by atoms with E-state index in [0.717, 1.165) is 46.4 Å². The summed E-state index contributed by atoms with van der Waals surface area (Å²) in [4.78, 5) is 22.6. The summed E-state index contributed by atoms with van der Waals surface area (Å²) in [6, 6.07) is 19.7. The highest BCUT2D eigenvalue weighted by atomic mass is 35.5. The monoisotopic (exact) mass is 666 g/mol. The van der Waals surface area contributed by atoms with Crippen molar-refractivity contribution in [3.05, 3.63) is 106 Å². The molecule has 0 bridgehead atoms. The third-order valence-electron chi connectivity index (χ3n) is 8.24. The zero-order chi connectivity index (χ0) is 34.4. The number of aromatic nitrogens is 3. The quantitative estimate of drug-likeness (QED) is 0.135. The number of nitrogens with zero attached hydrogens (tertiary/aromatic N) is 5. The molecule has 11 heteroatoms. The number of carboxylic acids is 1. The SMILES string of the molecule is Cc1c(COc2cc(OCc3cncc(C#N)c3)c(CNC(C)(C)C(=O)O)cc2Cl)cccc1-c1ccc2c(c1)ncn2CCN(C)C. The molecule has 0 radical (unpaired) electrons. The van der Waals surface area contributed by atoms with E-state index in [1.165, 1.54) is 6.20 Å². The summed E-state index contributed by atoms with van der Waals surface area (Å²) in [7, 11) is 4.12. The number of carboxylic acid groups (broad SMARTS) is 1. The number of benzene rings is 3. The molecule has 48 heavy (non-hydrogen) atoms. The van der Waals surface area contributed by atoms with Crippen LogP contribution in [-0.4, -0.2) is 56.7 Å². The Balaban J connectivity index is 1.37. The standard InChI is InChI=1S/C37H39ClN6O4/c1-24-28(7-6-8-30(24)27-9-10-33-32(15-27)41-23-44(33)12-11-43(4)5)22-48-35-16-34(47-21-26-13-25(17-39)18-40-19-26)29(14-31(35)38)20-42-37(2,3)36(45)46/h6-10,13-16,18-19,23,42H,11-12,20-22H2,1-5H3,(H,45,46). The van der Waals surface area contributed by atoms with E-state index >= 15 is 0 Å². The first-order valence-electron chi connectivity index (χ1n) is 15.5. The van der Waals surface area contributed by atoms with Gasteiger partial charge in [0.2, 0.25) is 0 Å². The van der Waals surface area contributed by atoms with Crippen LogP contribution in [0.2, 0.25) is 5.02 Å². The Labute approximate surface area is 285 Å². The van der Waals surface area contributed by atoms with Crippen LogP contribution in [0.1, 0.15) is 41.7 Å². The molecule has 10 nitrogen and oxygen atoms in total. The van der Waals surface area contributed by atoms with Gasteiger partial charge in [-0.2, -0.15) is 5.26 Å². The van der Waals surface area contributed by atoms with E-state index < -0.39 is 11.5 Å². The molecule has 0 aliphatic rings. The number of likely N-dealkylation sites (N-methyl/N-ethyl adjacent to an activating group) is 1. The molecule has 5 aromatic rings. The highest BCUT2D eigenvalue weighted by Crippen LogP contribution is 2.35. The molecular formula is C37H39ClN6O4. The maximum atomic E-state index is 11.7. The first-order chi connectivity index (χ1) is 22.9. The number of hydrogen-bond acceptors (Lipinski definition) is 8. The predicted molar refractivity (Wildman–Crippen MR) is 186 cm³/mol. The van der Waals surface area contributed by atoms with Crippen molar-refractivity contribution in [2.45, 2.75) is 52.6 Å². The summed E-state index contributed by atoms with van der Waals surface area (Å²) in [5, 5.41) is 22.3. The van der Waals surface area contributed by atoms with Crippen LogP contribution < -0.4 is 14.8 Å². The Morgan fingerprint density at radius 3 is 2.60 bits per heavy atom. The summed E-state index contributed by atoms with van der Waals surface area (Å²) in [5.74, 6) is -0.0943. The molecule has 5 rings (SSSR count). The fourth-order valence-electron chi connectivity index (χ4n) is 5.16. The number of fused-ring (bicyclic) bond motifs is 1. The molecule has 0 aliphatic heterocycles. The number of imidazole rings is 1. The van der Waals surface area contributed by atoms with Crippen LogP contribution in [0.4, 0.5) is 0 Å². The second-order valence-corrected chi connectivity index (χ2v) is 12.9. The second kappa shape index (κ2) is 14.9. The van der Waals surface area contributed by atoms with E-state index in [1.807, 2.05) is 18.5 Å². The molecule has 0 spiro atoms. The predicted octanol–water partition coefficient (Wildman–Crippen LogP) is 6.60. The molecule has 0 saturated carbocycles. The lowest BCUT2D eigenvalue weighted by Crippen LogP contribution is -2.46. The van der Waals surface area contributed by atoms with Crippen molar-refractivity contribution in [3.8, 4) is 28.7 Å². The van der Waals surface area contributed by atoms with Crippen molar-refractivity contribution >= 4 is 28.6 Å². The van der Waals surface area contributed by atoms with Gasteiger partial charge in [0.05, 0.1) is 27.9 Å². The minimum absolute atomic E-state index is 0.137. The molecule has 2 N–H and O–H groups in total. The Morgan fingerprint density at radius 2 is 1.85 bits per heavy atom. The number of nitrogens with one attached hydrogen (secondary N) is 1. The van der Waals surface area contributed by atoms with E-state index in [9.17, 15) is 15.2 Å². The normalized spacial score (nSPS) is 11.5. The molecule has 2 heterocycles. The number of nitriles is 1. The van der Waals surface area contributed by atoms with Crippen LogP contribution in [-0.2, 0) is 31.1 Å². The van der Waals surface area contributed by atoms with Gasteiger partial charge in [0, 0.05) is 49.2 Å². The lowest BCUT2D eigenvalue weighted by atomic mass is 9.96. The smallest absolute Gasteiger partial charge is 0.323 e. The molecule has 0 unspecified atom stereocenters. The lowest BCUT2D eigenvalue weighted by molar-refractivity contribution is -0.143. The molecule has 248 valence electrons. The molecule has 0 aliphatic carbocycles. The molecule has 0 amide bonds. The van der Waals surface area contributed by atoms with E-state index in [2.05, 4.69) is 76.1 Å². The third-order valence-corrected chi connectivity index (χ3v) is 8.53. The summed E-state index contributed by atoms with van der Waals surface area (Å²) in [5.41, 5.74) is 6.90. The number of hydrogen-bond donors (Lipinski definition) is 2. The summed E-state index contributed by atoms with van der Waals surface area (Å²) in [6.07, 6.45) is 5.01. The molecule has 3 aromatic carbocycles. The topological polar surface area (TPSA) is 126 Å². The van der Waals surface area contributed by atoms with Gasteiger partial charge in [-0.1, -0.05) is 35.9 Å². The van der Waals surface area contributed by atoms with Gasteiger partial charge in [-0.25, -0.2) is 4.98 Å². The average Bonchev–Trinajstić information content (AvgIpc) is 3.48. The van der Waals surface area contributed by atoms with Gasteiger partial charge in [-0.15, -0.1) is 0 Å². The van der Waals surface area contributed by atoms with Gasteiger partial charge in [-0.05, 0) is 81.4 Å².